The first-order valence-electron chi connectivity index (χ1n) is 5.98. The molecule has 0 aliphatic carbocycles. The minimum absolute atomic E-state index is 0.00275. The third kappa shape index (κ3) is 3.29. The SMILES string of the molecule is COCCN(Cc1ccccn1)C(=O)c1nonc1N. The molecule has 0 aliphatic heterocycles. The van der Waals surface area contributed by atoms with Crippen molar-refractivity contribution in [3.05, 3.63) is 35.8 Å². The Kier molecular flexibility index (Phi) is 4.61. The van der Waals surface area contributed by atoms with Gasteiger partial charge in [-0.25, -0.2) is 4.63 Å². The third-order valence-corrected chi connectivity index (χ3v) is 2.65. The van der Waals surface area contributed by atoms with E-state index in [1.165, 1.54) is 4.90 Å². The number of nitrogens with two attached hydrogens (primary N) is 1. The summed E-state index contributed by atoms with van der Waals surface area (Å²) >= 11 is 0. The van der Waals surface area contributed by atoms with Gasteiger partial charge >= 0.3 is 0 Å². The van der Waals surface area contributed by atoms with Crippen LogP contribution in [0.1, 0.15) is 16.2 Å². The molecule has 106 valence electrons. The Morgan fingerprint density at radius 2 is 2.30 bits per heavy atom. The first-order valence-corrected chi connectivity index (χ1v) is 5.98. The van der Waals surface area contributed by atoms with Crippen LogP contribution in [-0.4, -0.2) is 46.4 Å². The van der Waals surface area contributed by atoms with Gasteiger partial charge in [-0.3, -0.25) is 9.78 Å². The van der Waals surface area contributed by atoms with Gasteiger partial charge in [-0.05, 0) is 22.4 Å². The lowest BCUT2D eigenvalue weighted by Crippen LogP contribution is -2.34. The maximum absolute atomic E-state index is 12.3. The highest BCUT2D eigenvalue weighted by atomic mass is 16.6. The number of carbonyl (C=O) groups excluding carboxylic acids is 1. The van der Waals surface area contributed by atoms with Gasteiger partial charge in [0.2, 0.25) is 11.5 Å². The maximum atomic E-state index is 12.3. The van der Waals surface area contributed by atoms with Crippen LogP contribution in [0.2, 0.25) is 0 Å². The number of carbonyl (C=O) groups is 1. The van der Waals surface area contributed by atoms with Crippen LogP contribution < -0.4 is 5.73 Å². The minimum atomic E-state index is -0.369. The Balaban J connectivity index is 2.15. The van der Waals surface area contributed by atoms with Gasteiger partial charge in [0.1, 0.15) is 0 Å². The fourth-order valence-electron chi connectivity index (χ4n) is 1.63. The zero-order valence-electron chi connectivity index (χ0n) is 11.0. The van der Waals surface area contributed by atoms with E-state index in [0.29, 0.717) is 19.7 Å². The van der Waals surface area contributed by atoms with E-state index in [4.69, 9.17) is 10.5 Å². The summed E-state index contributed by atoms with van der Waals surface area (Å²) in [5, 5.41) is 6.93. The fourth-order valence-corrected chi connectivity index (χ4v) is 1.63. The van der Waals surface area contributed by atoms with Crippen molar-refractivity contribution >= 4 is 11.7 Å². The lowest BCUT2D eigenvalue weighted by Gasteiger charge is -2.20. The van der Waals surface area contributed by atoms with Crippen LogP contribution in [0, 0.1) is 0 Å². The van der Waals surface area contributed by atoms with Crippen LogP contribution in [0.25, 0.3) is 0 Å². The fraction of sp³-hybridized carbons (Fsp3) is 0.333. The number of pyridine rings is 1. The molecule has 0 aromatic carbocycles. The van der Waals surface area contributed by atoms with Crippen LogP contribution in [0.3, 0.4) is 0 Å². The lowest BCUT2D eigenvalue weighted by molar-refractivity contribution is 0.0668. The number of amides is 1. The summed E-state index contributed by atoms with van der Waals surface area (Å²) in [5.74, 6) is -0.398. The van der Waals surface area contributed by atoms with Crippen LogP contribution in [-0.2, 0) is 11.3 Å². The number of rotatable bonds is 6. The van der Waals surface area contributed by atoms with Crippen molar-refractivity contribution in [2.45, 2.75) is 6.54 Å². The van der Waals surface area contributed by atoms with E-state index >= 15 is 0 Å². The Labute approximate surface area is 115 Å². The molecule has 0 bridgehead atoms. The topological polar surface area (TPSA) is 107 Å². The van der Waals surface area contributed by atoms with E-state index in [1.54, 1.807) is 13.3 Å². The van der Waals surface area contributed by atoms with Crippen molar-refractivity contribution in [2.24, 2.45) is 0 Å². The third-order valence-electron chi connectivity index (χ3n) is 2.65. The van der Waals surface area contributed by atoms with Gasteiger partial charge in [0.25, 0.3) is 5.91 Å². The zero-order valence-corrected chi connectivity index (χ0v) is 11.0. The number of aromatic nitrogens is 3. The molecule has 2 N–H and O–H groups in total. The van der Waals surface area contributed by atoms with Crippen LogP contribution in [0.4, 0.5) is 5.82 Å². The zero-order chi connectivity index (χ0) is 14.4. The van der Waals surface area contributed by atoms with E-state index in [2.05, 4.69) is 19.9 Å². The van der Waals surface area contributed by atoms with E-state index in [1.807, 2.05) is 18.2 Å². The number of anilines is 1. The predicted octanol–water partition coefficient (Wildman–Crippen LogP) is 0.336. The molecule has 2 aromatic heterocycles. The van der Waals surface area contributed by atoms with Gasteiger partial charge in [-0.15, -0.1) is 0 Å². The number of hydrogen-bond acceptors (Lipinski definition) is 7. The normalized spacial score (nSPS) is 10.4. The second kappa shape index (κ2) is 6.62. The predicted molar refractivity (Wildman–Crippen MR) is 69.6 cm³/mol. The van der Waals surface area contributed by atoms with Crippen molar-refractivity contribution in [1.29, 1.82) is 0 Å². The van der Waals surface area contributed by atoms with Crippen LogP contribution >= 0.6 is 0 Å². The van der Waals surface area contributed by atoms with Crippen molar-refractivity contribution in [3.63, 3.8) is 0 Å². The molecule has 0 atom stereocenters. The summed E-state index contributed by atoms with van der Waals surface area (Å²) in [6.45, 7) is 1.11. The highest BCUT2D eigenvalue weighted by molar-refractivity contribution is 5.96. The van der Waals surface area contributed by atoms with Gasteiger partial charge in [0.05, 0.1) is 18.8 Å². The van der Waals surface area contributed by atoms with Gasteiger partial charge in [0.15, 0.2) is 0 Å². The Morgan fingerprint density at radius 1 is 1.45 bits per heavy atom. The number of hydrogen-bond donors (Lipinski definition) is 1. The summed E-state index contributed by atoms with van der Waals surface area (Å²) in [5.41, 5.74) is 6.29. The minimum Gasteiger partial charge on any atom is -0.383 e. The Hall–Kier alpha value is -2.48. The van der Waals surface area contributed by atoms with Gasteiger partial charge in [-0.2, -0.15) is 0 Å². The summed E-state index contributed by atoms with van der Waals surface area (Å²) in [4.78, 5) is 18.1. The van der Waals surface area contributed by atoms with Gasteiger partial charge in [0, 0.05) is 19.9 Å². The summed E-state index contributed by atoms with van der Waals surface area (Å²) in [6.07, 6.45) is 1.67. The second-order valence-electron chi connectivity index (χ2n) is 4.04. The average Bonchev–Trinajstić information content (AvgIpc) is 2.90. The average molecular weight is 277 g/mol. The highest BCUT2D eigenvalue weighted by Crippen LogP contribution is 2.11. The van der Waals surface area contributed by atoms with Crippen LogP contribution in [0.15, 0.2) is 29.0 Å². The summed E-state index contributed by atoms with van der Waals surface area (Å²) in [7, 11) is 1.56. The van der Waals surface area contributed by atoms with Crippen molar-refractivity contribution < 1.29 is 14.2 Å². The van der Waals surface area contributed by atoms with E-state index in [9.17, 15) is 4.79 Å². The molecule has 2 rings (SSSR count). The molecule has 2 aromatic rings. The van der Waals surface area contributed by atoms with Crippen LogP contribution in [0.5, 0.6) is 0 Å². The molecule has 8 nitrogen and oxygen atoms in total. The number of ether oxygens (including phenoxy) is 1. The number of methoxy groups -OCH3 is 1. The monoisotopic (exact) mass is 277 g/mol. The van der Waals surface area contributed by atoms with E-state index in [-0.39, 0.29) is 17.4 Å². The first-order chi connectivity index (χ1) is 9.72. The molecule has 1 amide bonds. The van der Waals surface area contributed by atoms with Crippen molar-refractivity contribution in [3.8, 4) is 0 Å². The van der Waals surface area contributed by atoms with Gasteiger partial charge in [-0.1, -0.05) is 6.07 Å². The molecule has 0 radical (unpaired) electrons. The molecule has 0 fully saturated rings. The largest absolute Gasteiger partial charge is 0.383 e. The smallest absolute Gasteiger partial charge is 0.280 e. The van der Waals surface area contributed by atoms with Gasteiger partial charge < -0.3 is 15.4 Å². The Bertz CT molecular complexity index is 557. The van der Waals surface area contributed by atoms with Crippen molar-refractivity contribution in [2.75, 3.05) is 26.0 Å². The first kappa shape index (κ1) is 13.9. The molecular weight excluding hydrogens is 262 g/mol. The quantitative estimate of drug-likeness (QED) is 0.810. The van der Waals surface area contributed by atoms with E-state index in [0.717, 1.165) is 5.69 Å². The molecule has 0 unspecified atom stereocenters. The number of nitrogens with zero attached hydrogens (tertiary/aromatic N) is 4. The maximum Gasteiger partial charge on any atom is 0.280 e. The summed E-state index contributed by atoms with van der Waals surface area (Å²) in [6, 6.07) is 5.50. The molecule has 0 spiro atoms. The molecule has 0 saturated carbocycles. The highest BCUT2D eigenvalue weighted by Gasteiger charge is 2.23. The molecule has 2 heterocycles. The summed E-state index contributed by atoms with van der Waals surface area (Å²) < 4.78 is 9.45. The second-order valence-corrected chi connectivity index (χ2v) is 4.04. The molecule has 0 aliphatic rings. The molecule has 20 heavy (non-hydrogen) atoms. The number of nitrogen functional groups attached to an aromatic ring is 1. The Morgan fingerprint density at radius 3 is 2.90 bits per heavy atom. The lowest BCUT2D eigenvalue weighted by atomic mass is 10.3. The molecule has 0 saturated heterocycles. The molecule has 8 heteroatoms. The standard InChI is InChI=1S/C12H15N5O3/c1-19-7-6-17(8-9-4-2-3-5-14-9)12(18)10-11(13)16-20-15-10/h2-5H,6-8H2,1H3,(H2,13,16). The van der Waals surface area contributed by atoms with Crippen molar-refractivity contribution in [1.82, 2.24) is 20.2 Å². The van der Waals surface area contributed by atoms with E-state index < -0.39 is 0 Å². The molecular formula is C12H15N5O3.